The molecule has 1 aromatic rings. The molecule has 21 heavy (non-hydrogen) atoms. The first-order valence-electron chi connectivity index (χ1n) is 7.51. The highest BCUT2D eigenvalue weighted by Crippen LogP contribution is 2.34. The van der Waals surface area contributed by atoms with Crippen LogP contribution >= 0.6 is 11.8 Å². The number of hydrogen-bond acceptors (Lipinski definition) is 3. The van der Waals surface area contributed by atoms with E-state index in [4.69, 9.17) is 5.11 Å². The standard InChI is InChI=1S/C16H24N2O2S/c1-12(11-19)18(2)16(20)17-13-7-9-15(10-8-13)21-14-5-3-4-6-14/h7-10,12,14,19H,3-6,11H2,1-2H3,(H,17,20). The average Bonchev–Trinajstić information content (AvgIpc) is 3.00. The predicted molar refractivity (Wildman–Crippen MR) is 87.9 cm³/mol. The number of rotatable bonds is 5. The summed E-state index contributed by atoms with van der Waals surface area (Å²) in [5.74, 6) is 0. The van der Waals surface area contributed by atoms with Crippen molar-refractivity contribution in [2.45, 2.75) is 48.8 Å². The predicted octanol–water partition coefficient (Wildman–Crippen LogP) is 3.57. The van der Waals surface area contributed by atoms with Crippen LogP contribution in [-0.2, 0) is 0 Å². The Labute approximate surface area is 130 Å². The Morgan fingerprint density at radius 2 is 2.00 bits per heavy atom. The van der Waals surface area contributed by atoms with Gasteiger partial charge in [0.05, 0.1) is 12.6 Å². The molecule has 0 heterocycles. The molecule has 1 fully saturated rings. The summed E-state index contributed by atoms with van der Waals surface area (Å²) < 4.78 is 0. The quantitative estimate of drug-likeness (QED) is 0.874. The molecule has 2 N–H and O–H groups in total. The molecule has 4 nitrogen and oxygen atoms in total. The summed E-state index contributed by atoms with van der Waals surface area (Å²) >= 11 is 1.94. The van der Waals surface area contributed by atoms with Crippen LogP contribution < -0.4 is 5.32 Å². The molecule has 0 saturated heterocycles. The molecule has 5 heteroatoms. The minimum atomic E-state index is -0.201. The van der Waals surface area contributed by atoms with E-state index < -0.39 is 0 Å². The molecule has 0 bridgehead atoms. The first-order valence-corrected chi connectivity index (χ1v) is 8.39. The van der Waals surface area contributed by atoms with Crippen molar-refractivity contribution in [3.8, 4) is 0 Å². The van der Waals surface area contributed by atoms with Gasteiger partial charge in [0.2, 0.25) is 0 Å². The molecule has 0 radical (unpaired) electrons. The van der Waals surface area contributed by atoms with Gasteiger partial charge in [-0.15, -0.1) is 11.8 Å². The van der Waals surface area contributed by atoms with E-state index in [9.17, 15) is 4.79 Å². The number of carbonyl (C=O) groups is 1. The summed E-state index contributed by atoms with van der Waals surface area (Å²) in [5, 5.41) is 12.7. The second-order valence-corrected chi connectivity index (χ2v) is 7.00. The van der Waals surface area contributed by atoms with Crippen molar-refractivity contribution in [2.75, 3.05) is 19.0 Å². The lowest BCUT2D eigenvalue weighted by molar-refractivity contribution is 0.166. The lowest BCUT2D eigenvalue weighted by Crippen LogP contribution is -2.40. The maximum absolute atomic E-state index is 12.0. The number of anilines is 1. The lowest BCUT2D eigenvalue weighted by atomic mass is 10.3. The average molecular weight is 308 g/mol. The molecular weight excluding hydrogens is 284 g/mol. The van der Waals surface area contributed by atoms with Gasteiger partial charge in [0.25, 0.3) is 0 Å². The van der Waals surface area contributed by atoms with E-state index in [1.54, 1.807) is 14.0 Å². The summed E-state index contributed by atoms with van der Waals surface area (Å²) in [7, 11) is 1.68. The van der Waals surface area contributed by atoms with Crippen molar-refractivity contribution in [1.29, 1.82) is 0 Å². The van der Waals surface area contributed by atoms with Gasteiger partial charge < -0.3 is 15.3 Å². The largest absolute Gasteiger partial charge is 0.394 e. The van der Waals surface area contributed by atoms with Crippen LogP contribution in [0.25, 0.3) is 0 Å². The van der Waals surface area contributed by atoms with Gasteiger partial charge in [-0.2, -0.15) is 0 Å². The monoisotopic (exact) mass is 308 g/mol. The highest BCUT2D eigenvalue weighted by Gasteiger charge is 2.17. The molecule has 116 valence electrons. The summed E-state index contributed by atoms with van der Waals surface area (Å²) in [6.45, 7) is 1.77. The van der Waals surface area contributed by atoms with E-state index in [2.05, 4.69) is 17.4 Å². The van der Waals surface area contributed by atoms with Gasteiger partial charge in [0.15, 0.2) is 0 Å². The zero-order valence-corrected chi connectivity index (χ0v) is 13.5. The summed E-state index contributed by atoms with van der Waals surface area (Å²) in [4.78, 5) is 14.7. The molecule has 1 unspecified atom stereocenters. The Balaban J connectivity index is 1.88. The molecule has 1 aromatic carbocycles. The van der Waals surface area contributed by atoms with Gasteiger partial charge in [-0.05, 0) is 44.0 Å². The van der Waals surface area contributed by atoms with E-state index in [1.165, 1.54) is 35.5 Å². The van der Waals surface area contributed by atoms with Crippen molar-refractivity contribution < 1.29 is 9.90 Å². The Bertz CT molecular complexity index is 458. The Kier molecular flexibility index (Phi) is 5.94. The van der Waals surface area contributed by atoms with Gasteiger partial charge in [-0.1, -0.05) is 12.8 Å². The number of amides is 2. The van der Waals surface area contributed by atoms with Crippen LogP contribution in [0.2, 0.25) is 0 Å². The van der Waals surface area contributed by atoms with E-state index in [0.717, 1.165) is 10.9 Å². The third kappa shape index (κ3) is 4.64. The molecule has 0 spiro atoms. The fraction of sp³-hybridized carbons (Fsp3) is 0.562. The maximum Gasteiger partial charge on any atom is 0.321 e. The third-order valence-corrected chi connectivity index (χ3v) is 5.31. The zero-order valence-electron chi connectivity index (χ0n) is 12.7. The summed E-state index contributed by atoms with van der Waals surface area (Å²) in [6.07, 6.45) is 5.32. The number of likely N-dealkylation sites (N-methyl/N-ethyl adjacent to an activating group) is 1. The Morgan fingerprint density at radius 1 is 1.38 bits per heavy atom. The third-order valence-electron chi connectivity index (χ3n) is 3.96. The molecular formula is C16H24N2O2S. The molecule has 1 aliphatic carbocycles. The van der Waals surface area contributed by atoms with Crippen LogP contribution in [0.5, 0.6) is 0 Å². The number of thioether (sulfide) groups is 1. The van der Waals surface area contributed by atoms with Gasteiger partial charge in [0.1, 0.15) is 0 Å². The van der Waals surface area contributed by atoms with E-state index in [1.807, 2.05) is 23.9 Å². The lowest BCUT2D eigenvalue weighted by Gasteiger charge is -2.23. The topological polar surface area (TPSA) is 52.6 Å². The zero-order chi connectivity index (χ0) is 15.2. The molecule has 0 aromatic heterocycles. The fourth-order valence-electron chi connectivity index (χ4n) is 2.35. The second-order valence-electron chi connectivity index (χ2n) is 5.62. The smallest absolute Gasteiger partial charge is 0.321 e. The van der Waals surface area contributed by atoms with Crippen LogP contribution in [0.15, 0.2) is 29.2 Å². The van der Waals surface area contributed by atoms with Crippen LogP contribution in [0.3, 0.4) is 0 Å². The number of urea groups is 1. The van der Waals surface area contributed by atoms with Gasteiger partial charge in [-0.25, -0.2) is 4.79 Å². The van der Waals surface area contributed by atoms with Gasteiger partial charge in [0, 0.05) is 22.9 Å². The molecule has 1 atom stereocenters. The second kappa shape index (κ2) is 7.71. The number of hydrogen-bond donors (Lipinski definition) is 2. The molecule has 0 aliphatic heterocycles. The van der Waals surface area contributed by atoms with E-state index in [-0.39, 0.29) is 18.7 Å². The molecule has 2 rings (SSSR count). The first-order chi connectivity index (χ1) is 10.1. The van der Waals surface area contributed by atoms with Crippen molar-refractivity contribution in [2.24, 2.45) is 0 Å². The van der Waals surface area contributed by atoms with E-state index >= 15 is 0 Å². The molecule has 1 aliphatic rings. The van der Waals surface area contributed by atoms with Crippen molar-refractivity contribution in [3.05, 3.63) is 24.3 Å². The van der Waals surface area contributed by atoms with E-state index in [0.29, 0.717) is 0 Å². The highest BCUT2D eigenvalue weighted by atomic mass is 32.2. The number of aliphatic hydroxyl groups is 1. The van der Waals surface area contributed by atoms with Gasteiger partial charge in [-0.3, -0.25) is 0 Å². The number of aliphatic hydroxyl groups excluding tert-OH is 1. The fourth-order valence-corrected chi connectivity index (χ4v) is 3.60. The minimum absolute atomic E-state index is 0.0408. The van der Waals surface area contributed by atoms with Crippen LogP contribution in [0, 0.1) is 0 Å². The summed E-state index contributed by atoms with van der Waals surface area (Å²) in [6, 6.07) is 7.61. The van der Waals surface area contributed by atoms with Crippen LogP contribution in [-0.4, -0.2) is 41.0 Å². The normalized spacial score (nSPS) is 16.7. The first kappa shape index (κ1) is 16.2. The number of carbonyl (C=O) groups excluding carboxylic acids is 1. The van der Waals surface area contributed by atoms with Crippen LogP contribution in [0.4, 0.5) is 10.5 Å². The number of benzene rings is 1. The number of nitrogens with one attached hydrogen (secondary N) is 1. The molecule has 1 saturated carbocycles. The van der Waals surface area contributed by atoms with Gasteiger partial charge >= 0.3 is 6.03 Å². The maximum atomic E-state index is 12.0. The molecule has 2 amide bonds. The Hall–Kier alpha value is -1.20. The SMILES string of the molecule is CC(CO)N(C)C(=O)Nc1ccc(SC2CCCC2)cc1. The Morgan fingerprint density at radius 3 is 2.57 bits per heavy atom. The summed E-state index contributed by atoms with van der Waals surface area (Å²) in [5.41, 5.74) is 0.785. The minimum Gasteiger partial charge on any atom is -0.394 e. The van der Waals surface area contributed by atoms with Crippen LogP contribution in [0.1, 0.15) is 32.6 Å². The van der Waals surface area contributed by atoms with Crippen molar-refractivity contribution in [3.63, 3.8) is 0 Å². The number of nitrogens with zero attached hydrogens (tertiary/aromatic N) is 1. The highest BCUT2D eigenvalue weighted by molar-refractivity contribution is 8.00. The van der Waals surface area contributed by atoms with Crippen molar-refractivity contribution in [1.82, 2.24) is 4.90 Å². The van der Waals surface area contributed by atoms with Crippen molar-refractivity contribution >= 4 is 23.5 Å².